The Kier molecular flexibility index (Phi) is 5.98. The Morgan fingerprint density at radius 2 is 2.07 bits per heavy atom. The predicted molar refractivity (Wildman–Crippen MR) is 103 cm³/mol. The summed E-state index contributed by atoms with van der Waals surface area (Å²) in [6, 6.07) is 5.27. The second-order valence-corrected chi connectivity index (χ2v) is 6.78. The number of carboxylic acid groups (broad SMARTS) is 1. The van der Waals surface area contributed by atoms with Crippen LogP contribution < -0.4 is 10.9 Å². The van der Waals surface area contributed by atoms with Gasteiger partial charge in [-0.3, -0.25) is 19.3 Å². The van der Waals surface area contributed by atoms with Crippen molar-refractivity contribution in [1.82, 2.24) is 19.7 Å². The largest absolute Gasteiger partial charge is 0.481 e. The summed E-state index contributed by atoms with van der Waals surface area (Å²) in [5.74, 6) is -0.512. The molecule has 0 aliphatic rings. The lowest BCUT2D eigenvalue weighted by Gasteiger charge is -2.07. The number of fused-ring (bicyclic) bond motifs is 1. The molecule has 8 nitrogen and oxygen atoms in total. The summed E-state index contributed by atoms with van der Waals surface area (Å²) < 4.78 is 1.55. The Morgan fingerprint density at radius 1 is 1.26 bits per heavy atom. The van der Waals surface area contributed by atoms with Crippen molar-refractivity contribution in [2.24, 2.45) is 0 Å². The van der Waals surface area contributed by atoms with Crippen molar-refractivity contribution < 1.29 is 9.90 Å². The summed E-state index contributed by atoms with van der Waals surface area (Å²) in [5, 5.41) is 16.8. The SMILES string of the molecule is O=C(O)CCCCn1ncc2nc(NCc3ccc(Cl)c(Cl)c3)[nH]c(=O)c21. The molecule has 10 heteroatoms. The number of anilines is 1. The molecule has 0 saturated carbocycles. The maximum absolute atomic E-state index is 12.4. The first-order valence-electron chi connectivity index (χ1n) is 8.29. The number of carboxylic acids is 1. The van der Waals surface area contributed by atoms with Crippen LogP contribution in [0.15, 0.2) is 29.2 Å². The molecule has 3 rings (SSSR count). The van der Waals surface area contributed by atoms with Crippen molar-refractivity contribution in [2.75, 3.05) is 5.32 Å². The van der Waals surface area contributed by atoms with Crippen LogP contribution in [0.1, 0.15) is 24.8 Å². The van der Waals surface area contributed by atoms with Gasteiger partial charge in [-0.25, -0.2) is 4.98 Å². The van der Waals surface area contributed by atoms with E-state index in [4.69, 9.17) is 28.3 Å². The number of unbranched alkanes of at least 4 members (excludes halogenated alkanes) is 1. The van der Waals surface area contributed by atoms with Crippen molar-refractivity contribution in [3.8, 4) is 0 Å². The maximum Gasteiger partial charge on any atom is 0.303 e. The molecule has 0 spiro atoms. The first-order chi connectivity index (χ1) is 12.9. The van der Waals surface area contributed by atoms with E-state index >= 15 is 0 Å². The molecular weight excluding hydrogens is 393 g/mol. The fourth-order valence-corrected chi connectivity index (χ4v) is 2.95. The fraction of sp³-hybridized carbons (Fsp3) is 0.294. The topological polar surface area (TPSA) is 113 Å². The number of nitrogens with one attached hydrogen (secondary N) is 2. The van der Waals surface area contributed by atoms with E-state index in [1.807, 2.05) is 6.07 Å². The molecule has 1 aromatic carbocycles. The number of rotatable bonds is 8. The monoisotopic (exact) mass is 409 g/mol. The number of aliphatic carboxylic acids is 1. The van der Waals surface area contributed by atoms with Gasteiger partial charge in [0.25, 0.3) is 5.56 Å². The molecule has 0 aliphatic heterocycles. The van der Waals surface area contributed by atoms with E-state index in [2.05, 4.69) is 20.4 Å². The molecule has 2 aromatic heterocycles. The number of carbonyl (C=O) groups is 1. The van der Waals surface area contributed by atoms with Crippen molar-refractivity contribution in [3.05, 3.63) is 50.4 Å². The molecule has 0 amide bonds. The number of hydrogen-bond donors (Lipinski definition) is 3. The molecule has 0 aliphatic carbocycles. The highest BCUT2D eigenvalue weighted by molar-refractivity contribution is 6.42. The Balaban J connectivity index is 1.70. The minimum Gasteiger partial charge on any atom is -0.481 e. The van der Waals surface area contributed by atoms with Crippen molar-refractivity contribution in [3.63, 3.8) is 0 Å². The van der Waals surface area contributed by atoms with Crippen LogP contribution in [0, 0.1) is 0 Å². The third-order valence-corrected chi connectivity index (χ3v) is 4.69. The molecule has 0 fully saturated rings. The zero-order chi connectivity index (χ0) is 19.4. The van der Waals surface area contributed by atoms with Gasteiger partial charge in [-0.05, 0) is 30.5 Å². The number of nitrogens with zero attached hydrogens (tertiary/aromatic N) is 3. The highest BCUT2D eigenvalue weighted by Crippen LogP contribution is 2.22. The molecular formula is C17H17Cl2N5O3. The second kappa shape index (κ2) is 8.41. The maximum atomic E-state index is 12.4. The Bertz CT molecular complexity index is 1030. The van der Waals surface area contributed by atoms with Crippen LogP contribution >= 0.6 is 23.2 Å². The lowest BCUT2D eigenvalue weighted by atomic mass is 10.2. The number of halogens is 2. The van der Waals surface area contributed by atoms with E-state index in [1.165, 1.54) is 6.20 Å². The molecule has 2 heterocycles. The quantitative estimate of drug-likeness (QED) is 0.491. The van der Waals surface area contributed by atoms with E-state index in [-0.39, 0.29) is 12.0 Å². The number of H-pyrrole nitrogens is 1. The van der Waals surface area contributed by atoms with E-state index in [0.29, 0.717) is 53.0 Å². The summed E-state index contributed by atoms with van der Waals surface area (Å²) in [5.41, 5.74) is 1.41. The van der Waals surface area contributed by atoms with Crippen LogP contribution in [0.2, 0.25) is 10.0 Å². The van der Waals surface area contributed by atoms with Gasteiger partial charge in [0.2, 0.25) is 5.95 Å². The number of benzene rings is 1. The summed E-state index contributed by atoms with van der Waals surface area (Å²) >= 11 is 11.9. The Labute approximate surface area is 164 Å². The lowest BCUT2D eigenvalue weighted by molar-refractivity contribution is -0.137. The predicted octanol–water partition coefficient (Wildman–Crippen LogP) is 3.29. The molecule has 0 saturated heterocycles. The molecule has 0 bridgehead atoms. The van der Waals surface area contributed by atoms with Gasteiger partial charge in [0.1, 0.15) is 5.52 Å². The first-order valence-corrected chi connectivity index (χ1v) is 9.05. The molecule has 3 N–H and O–H groups in total. The van der Waals surface area contributed by atoms with Crippen LogP contribution in [0.5, 0.6) is 0 Å². The highest BCUT2D eigenvalue weighted by atomic mass is 35.5. The number of hydrogen-bond acceptors (Lipinski definition) is 5. The number of aromatic nitrogens is 4. The molecule has 0 unspecified atom stereocenters. The third-order valence-electron chi connectivity index (χ3n) is 3.95. The minimum absolute atomic E-state index is 0.0938. The average Bonchev–Trinajstić information content (AvgIpc) is 3.03. The molecule has 3 aromatic rings. The fourth-order valence-electron chi connectivity index (χ4n) is 2.63. The number of aromatic amines is 1. The van der Waals surface area contributed by atoms with E-state index in [1.54, 1.807) is 16.8 Å². The lowest BCUT2D eigenvalue weighted by Crippen LogP contribution is -2.16. The summed E-state index contributed by atoms with van der Waals surface area (Å²) in [6.07, 6.45) is 2.74. The van der Waals surface area contributed by atoms with Gasteiger partial charge in [-0.2, -0.15) is 5.10 Å². The molecule has 0 atom stereocenters. The molecule has 27 heavy (non-hydrogen) atoms. The van der Waals surface area contributed by atoms with Crippen LogP contribution in [-0.2, 0) is 17.9 Å². The summed E-state index contributed by atoms with van der Waals surface area (Å²) in [6.45, 7) is 0.867. The minimum atomic E-state index is -0.836. The van der Waals surface area contributed by atoms with Crippen LogP contribution in [-0.4, -0.2) is 30.8 Å². The second-order valence-electron chi connectivity index (χ2n) is 5.97. The van der Waals surface area contributed by atoms with Gasteiger partial charge in [-0.15, -0.1) is 0 Å². The van der Waals surface area contributed by atoms with E-state index < -0.39 is 5.97 Å². The molecule has 0 radical (unpaired) electrons. The van der Waals surface area contributed by atoms with Gasteiger partial charge < -0.3 is 10.4 Å². The van der Waals surface area contributed by atoms with Gasteiger partial charge in [0.15, 0.2) is 5.52 Å². The average molecular weight is 410 g/mol. The van der Waals surface area contributed by atoms with Gasteiger partial charge in [0.05, 0.1) is 16.2 Å². The van der Waals surface area contributed by atoms with E-state index in [0.717, 1.165) is 5.56 Å². The van der Waals surface area contributed by atoms with Crippen LogP contribution in [0.25, 0.3) is 11.0 Å². The van der Waals surface area contributed by atoms with Crippen molar-refractivity contribution in [1.29, 1.82) is 0 Å². The zero-order valence-corrected chi connectivity index (χ0v) is 15.7. The Morgan fingerprint density at radius 3 is 2.81 bits per heavy atom. The normalized spacial score (nSPS) is 11.0. The standard InChI is InChI=1S/C17H17Cl2N5O3/c18-11-5-4-10(7-12(11)19)8-20-17-22-13-9-21-24(15(13)16(27)23-17)6-2-1-3-14(25)26/h4-5,7,9H,1-3,6,8H2,(H,25,26)(H2,20,22,23,27). The van der Waals surface area contributed by atoms with E-state index in [9.17, 15) is 9.59 Å². The smallest absolute Gasteiger partial charge is 0.303 e. The van der Waals surface area contributed by atoms with Crippen LogP contribution in [0.4, 0.5) is 5.95 Å². The van der Waals surface area contributed by atoms with Crippen LogP contribution in [0.3, 0.4) is 0 Å². The first kappa shape index (κ1) is 19.2. The van der Waals surface area contributed by atoms with Gasteiger partial charge in [-0.1, -0.05) is 29.3 Å². The van der Waals surface area contributed by atoms with Crippen molar-refractivity contribution in [2.45, 2.75) is 32.4 Å². The summed E-state index contributed by atoms with van der Waals surface area (Å²) in [4.78, 5) is 30.0. The van der Waals surface area contributed by atoms with Gasteiger partial charge >= 0.3 is 5.97 Å². The Hall–Kier alpha value is -2.58. The zero-order valence-electron chi connectivity index (χ0n) is 14.2. The van der Waals surface area contributed by atoms with Crippen molar-refractivity contribution >= 4 is 46.2 Å². The number of aryl methyl sites for hydroxylation is 1. The van der Waals surface area contributed by atoms with Gasteiger partial charge in [0, 0.05) is 19.5 Å². The third kappa shape index (κ3) is 4.78. The summed E-state index contributed by atoms with van der Waals surface area (Å²) in [7, 11) is 0. The highest BCUT2D eigenvalue weighted by Gasteiger charge is 2.11. The molecule has 142 valence electrons.